The Morgan fingerprint density at radius 1 is 0.917 bits per heavy atom. The van der Waals surface area contributed by atoms with Crippen molar-refractivity contribution in [2.24, 2.45) is 0 Å². The van der Waals surface area contributed by atoms with Gasteiger partial charge in [0.25, 0.3) is 0 Å². The second kappa shape index (κ2) is 7.53. The molecule has 4 heteroatoms. The van der Waals surface area contributed by atoms with E-state index >= 15 is 0 Å². The number of rotatable bonds is 5. The molecule has 0 aliphatic heterocycles. The first-order valence-corrected chi connectivity index (χ1v) is 7.62. The number of aliphatic hydroxyl groups is 1. The molecule has 2 aromatic carbocycles. The molecule has 0 saturated heterocycles. The summed E-state index contributed by atoms with van der Waals surface area (Å²) in [6.45, 7) is 0.236. The van der Waals surface area contributed by atoms with Crippen molar-refractivity contribution in [2.75, 3.05) is 0 Å². The molecule has 1 aromatic heterocycles. The molecule has 3 rings (SSSR count). The fraction of sp³-hybridized carbons (Fsp3) is 0.100. The minimum Gasteiger partial charge on any atom is -0.457 e. The lowest BCUT2D eigenvalue weighted by molar-refractivity contribution is 0.0472. The standard InChI is InChI=1S/C20H17NO3/c22-13-15-6-8-17(9-7-15)18-10-19(12-21-11-18)20(23)24-14-16-4-2-1-3-5-16/h1-12,22H,13-14H2. The summed E-state index contributed by atoms with van der Waals surface area (Å²) in [5.74, 6) is -0.403. The van der Waals surface area contributed by atoms with E-state index in [2.05, 4.69) is 4.98 Å². The van der Waals surface area contributed by atoms with Gasteiger partial charge >= 0.3 is 5.97 Å². The van der Waals surface area contributed by atoms with E-state index in [4.69, 9.17) is 9.84 Å². The zero-order valence-corrected chi connectivity index (χ0v) is 13.1. The van der Waals surface area contributed by atoms with Crippen LogP contribution in [0.25, 0.3) is 11.1 Å². The van der Waals surface area contributed by atoms with Crippen LogP contribution in [0.3, 0.4) is 0 Å². The number of carbonyl (C=O) groups is 1. The molecule has 0 atom stereocenters. The van der Waals surface area contributed by atoms with Gasteiger partial charge in [-0.15, -0.1) is 0 Å². The number of aliphatic hydroxyl groups excluding tert-OH is 1. The summed E-state index contributed by atoms with van der Waals surface area (Å²) in [7, 11) is 0. The van der Waals surface area contributed by atoms with Gasteiger partial charge in [-0.3, -0.25) is 4.98 Å². The highest BCUT2D eigenvalue weighted by Crippen LogP contribution is 2.20. The number of carbonyl (C=O) groups excluding carboxylic acids is 1. The van der Waals surface area contributed by atoms with Gasteiger partial charge in [0.2, 0.25) is 0 Å². The van der Waals surface area contributed by atoms with Crippen LogP contribution in [0.4, 0.5) is 0 Å². The quantitative estimate of drug-likeness (QED) is 0.730. The van der Waals surface area contributed by atoms with Gasteiger partial charge in [-0.2, -0.15) is 0 Å². The van der Waals surface area contributed by atoms with Gasteiger partial charge in [0.05, 0.1) is 12.2 Å². The maximum Gasteiger partial charge on any atom is 0.340 e. The van der Waals surface area contributed by atoms with Gasteiger partial charge < -0.3 is 9.84 Å². The molecular weight excluding hydrogens is 302 g/mol. The Balaban J connectivity index is 1.73. The van der Waals surface area contributed by atoms with Crippen LogP contribution >= 0.6 is 0 Å². The van der Waals surface area contributed by atoms with Crippen LogP contribution in [0.1, 0.15) is 21.5 Å². The van der Waals surface area contributed by atoms with Crippen molar-refractivity contribution in [3.8, 4) is 11.1 Å². The van der Waals surface area contributed by atoms with Gasteiger partial charge in [-0.05, 0) is 22.8 Å². The molecule has 3 aromatic rings. The van der Waals surface area contributed by atoms with Crippen LogP contribution in [-0.2, 0) is 18.0 Å². The number of aromatic nitrogens is 1. The van der Waals surface area contributed by atoms with Crippen LogP contribution in [0.2, 0.25) is 0 Å². The van der Waals surface area contributed by atoms with Crippen molar-refractivity contribution < 1.29 is 14.6 Å². The molecule has 120 valence electrons. The Morgan fingerprint density at radius 2 is 1.67 bits per heavy atom. The van der Waals surface area contributed by atoms with E-state index in [-0.39, 0.29) is 13.2 Å². The molecule has 24 heavy (non-hydrogen) atoms. The summed E-state index contributed by atoms with van der Waals surface area (Å²) in [6.07, 6.45) is 3.20. The molecule has 0 saturated carbocycles. The zero-order valence-electron chi connectivity index (χ0n) is 13.1. The van der Waals surface area contributed by atoms with E-state index < -0.39 is 5.97 Å². The van der Waals surface area contributed by atoms with Crippen molar-refractivity contribution in [1.82, 2.24) is 4.98 Å². The van der Waals surface area contributed by atoms with Crippen LogP contribution in [0.5, 0.6) is 0 Å². The summed E-state index contributed by atoms with van der Waals surface area (Å²) in [5.41, 5.74) is 3.94. The van der Waals surface area contributed by atoms with Crippen molar-refractivity contribution in [1.29, 1.82) is 0 Å². The van der Waals surface area contributed by atoms with Crippen molar-refractivity contribution in [3.63, 3.8) is 0 Å². The third-order valence-electron chi connectivity index (χ3n) is 3.66. The molecular formula is C20H17NO3. The third kappa shape index (κ3) is 3.86. The number of hydrogen-bond acceptors (Lipinski definition) is 4. The fourth-order valence-corrected chi connectivity index (χ4v) is 2.32. The average Bonchev–Trinajstić information content (AvgIpc) is 2.67. The van der Waals surface area contributed by atoms with Gasteiger partial charge in [0.1, 0.15) is 6.61 Å². The zero-order chi connectivity index (χ0) is 16.8. The summed E-state index contributed by atoms with van der Waals surface area (Å²) < 4.78 is 5.33. The second-order valence-electron chi connectivity index (χ2n) is 5.38. The average molecular weight is 319 g/mol. The predicted octanol–water partition coefficient (Wildman–Crippen LogP) is 3.60. The summed E-state index contributed by atoms with van der Waals surface area (Å²) in [5, 5.41) is 9.10. The number of benzene rings is 2. The predicted molar refractivity (Wildman–Crippen MR) is 91.2 cm³/mol. The number of nitrogens with zero attached hydrogens (tertiary/aromatic N) is 1. The lowest BCUT2D eigenvalue weighted by Crippen LogP contribution is -2.06. The first-order valence-electron chi connectivity index (χ1n) is 7.62. The van der Waals surface area contributed by atoms with Crippen LogP contribution < -0.4 is 0 Å². The van der Waals surface area contributed by atoms with E-state index in [9.17, 15) is 4.79 Å². The number of esters is 1. The Morgan fingerprint density at radius 3 is 2.38 bits per heavy atom. The van der Waals surface area contributed by atoms with E-state index in [1.165, 1.54) is 6.20 Å². The summed E-state index contributed by atoms with van der Waals surface area (Å²) in [6, 6.07) is 18.8. The first kappa shape index (κ1) is 15.9. The fourth-order valence-electron chi connectivity index (χ4n) is 2.32. The van der Waals surface area contributed by atoms with E-state index in [0.29, 0.717) is 5.56 Å². The largest absolute Gasteiger partial charge is 0.457 e. The van der Waals surface area contributed by atoms with Crippen molar-refractivity contribution in [2.45, 2.75) is 13.2 Å². The minimum atomic E-state index is -0.403. The lowest BCUT2D eigenvalue weighted by Gasteiger charge is -2.07. The Bertz CT molecular complexity index is 814. The smallest absolute Gasteiger partial charge is 0.340 e. The molecule has 1 heterocycles. The molecule has 0 amide bonds. The lowest BCUT2D eigenvalue weighted by atomic mass is 10.0. The monoisotopic (exact) mass is 319 g/mol. The third-order valence-corrected chi connectivity index (χ3v) is 3.66. The SMILES string of the molecule is O=C(OCc1ccccc1)c1cncc(-c2ccc(CO)cc2)c1. The molecule has 0 spiro atoms. The molecule has 0 unspecified atom stereocenters. The van der Waals surface area contributed by atoms with Gasteiger partial charge in [0, 0.05) is 18.0 Å². The molecule has 0 aliphatic rings. The minimum absolute atomic E-state index is 0.00435. The van der Waals surface area contributed by atoms with Crippen LogP contribution in [-0.4, -0.2) is 16.1 Å². The highest BCUT2D eigenvalue weighted by Gasteiger charge is 2.10. The van der Waals surface area contributed by atoms with E-state index in [0.717, 1.165) is 22.3 Å². The first-order chi connectivity index (χ1) is 11.8. The molecule has 1 N–H and O–H groups in total. The van der Waals surface area contributed by atoms with Gasteiger partial charge in [-0.1, -0.05) is 54.6 Å². The summed E-state index contributed by atoms with van der Waals surface area (Å²) in [4.78, 5) is 16.3. The molecule has 4 nitrogen and oxygen atoms in total. The Labute approximate surface area is 140 Å². The normalized spacial score (nSPS) is 10.4. The van der Waals surface area contributed by atoms with Crippen molar-refractivity contribution >= 4 is 5.97 Å². The molecule has 0 aliphatic carbocycles. The number of ether oxygens (including phenoxy) is 1. The van der Waals surface area contributed by atoms with E-state index in [1.807, 2.05) is 54.6 Å². The van der Waals surface area contributed by atoms with Crippen molar-refractivity contribution in [3.05, 3.63) is 89.7 Å². The topological polar surface area (TPSA) is 59.4 Å². The van der Waals surface area contributed by atoms with Gasteiger partial charge in [-0.25, -0.2) is 4.79 Å². The highest BCUT2D eigenvalue weighted by atomic mass is 16.5. The second-order valence-corrected chi connectivity index (χ2v) is 5.38. The Hall–Kier alpha value is -2.98. The maximum atomic E-state index is 12.2. The molecule has 0 fully saturated rings. The molecule has 0 bridgehead atoms. The van der Waals surface area contributed by atoms with Gasteiger partial charge in [0.15, 0.2) is 0 Å². The maximum absolute atomic E-state index is 12.2. The number of pyridine rings is 1. The summed E-state index contributed by atoms with van der Waals surface area (Å²) >= 11 is 0. The van der Waals surface area contributed by atoms with Crippen LogP contribution in [0, 0.1) is 0 Å². The highest BCUT2D eigenvalue weighted by molar-refractivity contribution is 5.90. The number of hydrogen-bond donors (Lipinski definition) is 1. The Kier molecular flexibility index (Phi) is 4.99. The van der Waals surface area contributed by atoms with E-state index in [1.54, 1.807) is 12.3 Å². The molecule has 0 radical (unpaired) electrons. The van der Waals surface area contributed by atoms with Crippen LogP contribution in [0.15, 0.2) is 73.1 Å².